The number of benzene rings is 1. The molecule has 0 bridgehead atoms. The second-order valence-electron chi connectivity index (χ2n) is 3.14. The summed E-state index contributed by atoms with van der Waals surface area (Å²) in [6.07, 6.45) is 1.80. The first-order valence-electron chi connectivity index (χ1n) is 4.53. The van der Waals surface area contributed by atoms with Gasteiger partial charge in [-0.2, -0.15) is 5.26 Å². The van der Waals surface area contributed by atoms with E-state index in [1.165, 1.54) is 0 Å². The van der Waals surface area contributed by atoms with Crippen LogP contribution in [0, 0.1) is 11.3 Å². The van der Waals surface area contributed by atoms with E-state index >= 15 is 0 Å². The van der Waals surface area contributed by atoms with Gasteiger partial charge in [-0.25, -0.2) is 0 Å². The summed E-state index contributed by atoms with van der Waals surface area (Å²) in [5, 5.41) is 10.1. The summed E-state index contributed by atoms with van der Waals surface area (Å²) in [4.78, 5) is 0. The number of halogens is 2. The number of hydrogen-bond donors (Lipinski definition) is 0. The van der Waals surface area contributed by atoms with Crippen LogP contribution in [0.15, 0.2) is 18.2 Å². The highest BCUT2D eigenvalue weighted by Crippen LogP contribution is 2.29. The maximum absolute atomic E-state index is 8.96. The summed E-state index contributed by atoms with van der Waals surface area (Å²) < 4.78 is 0. The smallest absolute Gasteiger partial charge is 0.0727 e. The number of rotatable bonds is 3. The fourth-order valence-corrected chi connectivity index (χ4v) is 1.90. The van der Waals surface area contributed by atoms with E-state index in [1.807, 2.05) is 13.0 Å². The highest BCUT2D eigenvalue weighted by molar-refractivity contribution is 6.35. The molecule has 1 atom stereocenters. The maximum atomic E-state index is 8.96. The molecule has 0 aliphatic rings. The van der Waals surface area contributed by atoms with Crippen LogP contribution >= 0.6 is 23.2 Å². The van der Waals surface area contributed by atoms with E-state index < -0.39 is 0 Å². The molecule has 0 unspecified atom stereocenters. The van der Waals surface area contributed by atoms with Gasteiger partial charge in [-0.1, -0.05) is 42.6 Å². The highest BCUT2D eigenvalue weighted by Gasteiger charge is 2.12. The lowest BCUT2D eigenvalue weighted by molar-refractivity contribution is 0.727. The summed E-state index contributed by atoms with van der Waals surface area (Å²) in [5.41, 5.74) is 0.875. The molecule has 14 heavy (non-hydrogen) atoms. The van der Waals surface area contributed by atoms with Crippen LogP contribution in [0.1, 0.15) is 31.2 Å². The Hall–Kier alpha value is -0.710. The predicted molar refractivity (Wildman–Crippen MR) is 59.7 cm³/mol. The Morgan fingerprint density at radius 3 is 2.64 bits per heavy atom. The zero-order chi connectivity index (χ0) is 10.6. The molecule has 0 N–H and O–H groups in total. The van der Waals surface area contributed by atoms with E-state index in [9.17, 15) is 0 Å². The van der Waals surface area contributed by atoms with Crippen LogP contribution in [0.25, 0.3) is 0 Å². The molecule has 74 valence electrons. The van der Waals surface area contributed by atoms with Gasteiger partial charge in [-0.05, 0) is 24.1 Å². The lowest BCUT2D eigenvalue weighted by atomic mass is 9.96. The second-order valence-corrected chi connectivity index (χ2v) is 3.98. The Balaban J connectivity index is 3.00. The molecular weight excluding hydrogens is 217 g/mol. The van der Waals surface area contributed by atoms with Crippen molar-refractivity contribution in [2.75, 3.05) is 0 Å². The Labute approximate surface area is 94.3 Å². The molecule has 0 heterocycles. The minimum atomic E-state index is -0.121. The third-order valence-electron chi connectivity index (χ3n) is 2.07. The lowest BCUT2D eigenvalue weighted by Crippen LogP contribution is -1.95. The van der Waals surface area contributed by atoms with Crippen LogP contribution in [-0.2, 0) is 0 Å². The fraction of sp³-hybridized carbons (Fsp3) is 0.364. The van der Waals surface area contributed by atoms with Crippen LogP contribution in [0.2, 0.25) is 10.0 Å². The van der Waals surface area contributed by atoms with E-state index in [0.717, 1.165) is 18.4 Å². The highest BCUT2D eigenvalue weighted by atomic mass is 35.5. The van der Waals surface area contributed by atoms with Crippen molar-refractivity contribution < 1.29 is 0 Å². The molecule has 1 aromatic carbocycles. The Morgan fingerprint density at radius 2 is 2.14 bits per heavy atom. The molecule has 0 aliphatic heterocycles. The average Bonchev–Trinajstić information content (AvgIpc) is 2.15. The largest absolute Gasteiger partial charge is 0.198 e. The molecule has 0 saturated heterocycles. The number of nitriles is 1. The second kappa shape index (κ2) is 5.24. The number of nitrogens with zero attached hydrogens (tertiary/aromatic N) is 1. The van der Waals surface area contributed by atoms with Gasteiger partial charge in [0.2, 0.25) is 0 Å². The van der Waals surface area contributed by atoms with Gasteiger partial charge < -0.3 is 0 Å². The van der Waals surface area contributed by atoms with Crippen molar-refractivity contribution in [2.24, 2.45) is 0 Å². The predicted octanol–water partition coefficient (Wildman–Crippen LogP) is 4.40. The quantitative estimate of drug-likeness (QED) is 0.752. The molecule has 0 amide bonds. The van der Waals surface area contributed by atoms with Crippen molar-refractivity contribution in [3.8, 4) is 6.07 Å². The van der Waals surface area contributed by atoms with Crippen molar-refractivity contribution in [2.45, 2.75) is 25.7 Å². The van der Waals surface area contributed by atoms with E-state index in [2.05, 4.69) is 6.07 Å². The van der Waals surface area contributed by atoms with Gasteiger partial charge in [0.15, 0.2) is 0 Å². The SMILES string of the molecule is CCC[C@H](C#N)c1ccc(Cl)cc1Cl. The summed E-state index contributed by atoms with van der Waals surface area (Å²) in [5.74, 6) is -0.121. The molecule has 0 radical (unpaired) electrons. The van der Waals surface area contributed by atoms with Crippen molar-refractivity contribution >= 4 is 23.2 Å². The normalized spacial score (nSPS) is 12.1. The minimum Gasteiger partial charge on any atom is -0.198 e. The first-order valence-corrected chi connectivity index (χ1v) is 5.29. The van der Waals surface area contributed by atoms with Crippen LogP contribution < -0.4 is 0 Å². The fourth-order valence-electron chi connectivity index (χ4n) is 1.36. The van der Waals surface area contributed by atoms with Gasteiger partial charge in [0.05, 0.1) is 12.0 Å². The summed E-state index contributed by atoms with van der Waals surface area (Å²) in [7, 11) is 0. The average molecular weight is 228 g/mol. The van der Waals surface area contributed by atoms with Crippen molar-refractivity contribution in [3.63, 3.8) is 0 Å². The van der Waals surface area contributed by atoms with Crippen molar-refractivity contribution in [3.05, 3.63) is 33.8 Å². The molecule has 3 heteroatoms. The van der Waals surface area contributed by atoms with Gasteiger partial charge in [0.25, 0.3) is 0 Å². The van der Waals surface area contributed by atoms with Crippen LogP contribution in [-0.4, -0.2) is 0 Å². The zero-order valence-electron chi connectivity index (χ0n) is 7.93. The van der Waals surface area contributed by atoms with E-state index in [4.69, 9.17) is 28.5 Å². The van der Waals surface area contributed by atoms with Crippen LogP contribution in [0.5, 0.6) is 0 Å². The number of hydrogen-bond acceptors (Lipinski definition) is 1. The standard InChI is InChI=1S/C11H11Cl2N/c1-2-3-8(7-14)10-5-4-9(12)6-11(10)13/h4-6,8H,2-3H2,1H3/t8-/m1/s1. The van der Waals surface area contributed by atoms with Crippen LogP contribution in [0.4, 0.5) is 0 Å². The first kappa shape index (κ1) is 11.4. The Bertz CT molecular complexity index is 355. The van der Waals surface area contributed by atoms with Gasteiger partial charge >= 0.3 is 0 Å². The molecule has 0 spiro atoms. The van der Waals surface area contributed by atoms with Gasteiger partial charge in [-0.3, -0.25) is 0 Å². The molecule has 0 fully saturated rings. The monoisotopic (exact) mass is 227 g/mol. The molecule has 1 nitrogen and oxygen atoms in total. The van der Waals surface area contributed by atoms with Crippen LogP contribution in [0.3, 0.4) is 0 Å². The zero-order valence-corrected chi connectivity index (χ0v) is 9.44. The molecular formula is C11H11Cl2N. The van der Waals surface area contributed by atoms with Gasteiger partial charge in [0, 0.05) is 10.0 Å². The Morgan fingerprint density at radius 1 is 1.43 bits per heavy atom. The molecule has 0 aromatic heterocycles. The topological polar surface area (TPSA) is 23.8 Å². The van der Waals surface area contributed by atoms with Crippen molar-refractivity contribution in [1.29, 1.82) is 5.26 Å². The maximum Gasteiger partial charge on any atom is 0.0727 e. The molecule has 0 aliphatic carbocycles. The molecule has 1 rings (SSSR count). The summed E-state index contributed by atoms with van der Waals surface area (Å²) in [6, 6.07) is 7.53. The third kappa shape index (κ3) is 2.64. The van der Waals surface area contributed by atoms with E-state index in [0.29, 0.717) is 10.0 Å². The van der Waals surface area contributed by atoms with Crippen molar-refractivity contribution in [1.82, 2.24) is 0 Å². The van der Waals surface area contributed by atoms with E-state index in [-0.39, 0.29) is 5.92 Å². The summed E-state index contributed by atoms with van der Waals surface area (Å²) in [6.45, 7) is 2.05. The Kier molecular flexibility index (Phi) is 4.25. The van der Waals surface area contributed by atoms with Gasteiger partial charge in [-0.15, -0.1) is 0 Å². The summed E-state index contributed by atoms with van der Waals surface area (Å²) >= 11 is 11.8. The lowest BCUT2D eigenvalue weighted by Gasteiger charge is -2.09. The third-order valence-corrected chi connectivity index (χ3v) is 2.63. The molecule has 1 aromatic rings. The van der Waals surface area contributed by atoms with E-state index in [1.54, 1.807) is 12.1 Å². The minimum absolute atomic E-state index is 0.121. The van der Waals surface area contributed by atoms with Gasteiger partial charge in [0.1, 0.15) is 0 Å². The first-order chi connectivity index (χ1) is 6.69. The molecule has 0 saturated carbocycles.